The predicted molar refractivity (Wildman–Crippen MR) is 64.8 cm³/mol. The molecule has 0 fully saturated rings. The van der Waals surface area contributed by atoms with E-state index in [4.69, 9.17) is 16.0 Å². The molecule has 0 saturated carbocycles. The van der Waals surface area contributed by atoms with Crippen LogP contribution in [0.1, 0.15) is 18.9 Å². The first-order valence-electron chi connectivity index (χ1n) is 5.21. The maximum atomic E-state index is 11.5. The van der Waals surface area contributed by atoms with E-state index in [1.807, 2.05) is 6.92 Å². The summed E-state index contributed by atoms with van der Waals surface area (Å²) in [5.41, 5.74) is 0.0332. The summed E-state index contributed by atoms with van der Waals surface area (Å²) in [6, 6.07) is 2.48. The number of phenols is 2. The summed E-state index contributed by atoms with van der Waals surface area (Å²) >= 11 is 5.88. The van der Waals surface area contributed by atoms with Gasteiger partial charge in [-0.3, -0.25) is 0 Å². The molecular formula is C12H11ClO4. The summed E-state index contributed by atoms with van der Waals surface area (Å²) in [5.74, 6) is -0.308. The van der Waals surface area contributed by atoms with E-state index in [1.54, 1.807) is 0 Å². The molecule has 1 aromatic heterocycles. The lowest BCUT2D eigenvalue weighted by Crippen LogP contribution is -2.04. The Morgan fingerprint density at radius 3 is 2.71 bits per heavy atom. The lowest BCUT2D eigenvalue weighted by molar-refractivity contribution is 0.450. The molecule has 1 heterocycles. The van der Waals surface area contributed by atoms with Gasteiger partial charge in [-0.2, -0.15) is 0 Å². The van der Waals surface area contributed by atoms with E-state index < -0.39 is 5.63 Å². The minimum atomic E-state index is -0.660. The SMILES string of the molecule is CCCc1c(Cl)c(=O)oc2cc(O)cc(O)c12. The molecule has 0 atom stereocenters. The predicted octanol–water partition coefficient (Wildman–Crippen LogP) is 2.81. The first-order valence-corrected chi connectivity index (χ1v) is 5.59. The molecule has 0 aliphatic rings. The van der Waals surface area contributed by atoms with Gasteiger partial charge in [0.25, 0.3) is 0 Å². The van der Waals surface area contributed by atoms with Crippen molar-refractivity contribution in [2.45, 2.75) is 19.8 Å². The Balaban J connectivity index is 2.92. The fourth-order valence-electron chi connectivity index (χ4n) is 1.83. The van der Waals surface area contributed by atoms with Crippen LogP contribution >= 0.6 is 11.6 Å². The van der Waals surface area contributed by atoms with Crippen LogP contribution in [0.4, 0.5) is 0 Å². The number of benzene rings is 1. The summed E-state index contributed by atoms with van der Waals surface area (Å²) in [4.78, 5) is 11.5. The van der Waals surface area contributed by atoms with E-state index >= 15 is 0 Å². The van der Waals surface area contributed by atoms with Gasteiger partial charge in [0.15, 0.2) is 0 Å². The third-order valence-corrected chi connectivity index (χ3v) is 2.90. The van der Waals surface area contributed by atoms with Crippen molar-refractivity contribution < 1.29 is 14.6 Å². The lowest BCUT2D eigenvalue weighted by atomic mass is 10.0. The highest BCUT2D eigenvalue weighted by molar-refractivity contribution is 6.32. The molecule has 0 bridgehead atoms. The molecule has 0 aliphatic carbocycles. The molecule has 2 aromatic rings. The summed E-state index contributed by atoms with van der Waals surface area (Å²) in [5, 5.41) is 19.5. The molecule has 0 unspecified atom stereocenters. The van der Waals surface area contributed by atoms with Crippen molar-refractivity contribution in [3.63, 3.8) is 0 Å². The number of phenolic OH excluding ortho intramolecular Hbond substituents is 2. The van der Waals surface area contributed by atoms with Crippen LogP contribution in [-0.4, -0.2) is 10.2 Å². The second kappa shape index (κ2) is 4.30. The Kier molecular flexibility index (Phi) is 2.98. The van der Waals surface area contributed by atoms with Gasteiger partial charge in [-0.1, -0.05) is 24.9 Å². The van der Waals surface area contributed by atoms with Crippen molar-refractivity contribution in [3.8, 4) is 11.5 Å². The van der Waals surface area contributed by atoms with Crippen molar-refractivity contribution in [1.29, 1.82) is 0 Å². The van der Waals surface area contributed by atoms with Gasteiger partial charge in [-0.05, 0) is 12.0 Å². The largest absolute Gasteiger partial charge is 0.508 e. The second-order valence-corrected chi connectivity index (χ2v) is 4.15. The van der Waals surface area contributed by atoms with Gasteiger partial charge >= 0.3 is 5.63 Å². The highest BCUT2D eigenvalue weighted by Crippen LogP contribution is 2.34. The average Bonchev–Trinajstić information content (AvgIpc) is 2.24. The Bertz CT molecular complexity index is 630. The zero-order valence-electron chi connectivity index (χ0n) is 9.16. The van der Waals surface area contributed by atoms with Crippen molar-refractivity contribution in [2.75, 3.05) is 0 Å². The van der Waals surface area contributed by atoms with Gasteiger partial charge in [0.2, 0.25) is 0 Å². The molecule has 17 heavy (non-hydrogen) atoms. The Morgan fingerprint density at radius 2 is 2.06 bits per heavy atom. The Hall–Kier alpha value is -1.68. The van der Waals surface area contributed by atoms with Crippen LogP contribution in [0.2, 0.25) is 5.02 Å². The van der Waals surface area contributed by atoms with E-state index in [-0.39, 0.29) is 22.1 Å². The number of aromatic hydroxyl groups is 2. The maximum Gasteiger partial charge on any atom is 0.355 e. The van der Waals surface area contributed by atoms with E-state index in [9.17, 15) is 15.0 Å². The van der Waals surface area contributed by atoms with Gasteiger partial charge in [-0.15, -0.1) is 0 Å². The van der Waals surface area contributed by atoms with Gasteiger partial charge in [0, 0.05) is 12.1 Å². The van der Waals surface area contributed by atoms with E-state index in [2.05, 4.69) is 0 Å². The van der Waals surface area contributed by atoms with Crippen molar-refractivity contribution in [2.24, 2.45) is 0 Å². The Labute approximate surface area is 102 Å². The molecule has 0 spiro atoms. The van der Waals surface area contributed by atoms with E-state index in [1.165, 1.54) is 12.1 Å². The number of hydrogen-bond acceptors (Lipinski definition) is 4. The zero-order valence-corrected chi connectivity index (χ0v) is 9.91. The molecule has 0 radical (unpaired) electrons. The van der Waals surface area contributed by atoms with Crippen molar-refractivity contribution in [3.05, 3.63) is 33.1 Å². The highest BCUT2D eigenvalue weighted by Gasteiger charge is 2.16. The van der Waals surface area contributed by atoms with Gasteiger partial charge in [-0.25, -0.2) is 4.79 Å². The van der Waals surface area contributed by atoms with E-state index in [0.717, 1.165) is 6.42 Å². The maximum absolute atomic E-state index is 11.5. The van der Waals surface area contributed by atoms with Crippen molar-refractivity contribution >= 4 is 22.6 Å². The van der Waals surface area contributed by atoms with Crippen LogP contribution in [0, 0.1) is 0 Å². The smallest absolute Gasteiger partial charge is 0.355 e. The van der Waals surface area contributed by atoms with Crippen molar-refractivity contribution in [1.82, 2.24) is 0 Å². The minimum Gasteiger partial charge on any atom is -0.508 e. The molecule has 1 aromatic carbocycles. The quantitative estimate of drug-likeness (QED) is 0.809. The van der Waals surface area contributed by atoms with Crippen LogP contribution in [0.15, 0.2) is 21.3 Å². The van der Waals surface area contributed by atoms with Crippen LogP contribution < -0.4 is 5.63 Å². The first kappa shape index (κ1) is 11.8. The number of hydrogen-bond donors (Lipinski definition) is 2. The van der Waals surface area contributed by atoms with Gasteiger partial charge in [0.05, 0.1) is 5.39 Å². The lowest BCUT2D eigenvalue weighted by Gasteiger charge is -2.08. The number of halogens is 1. The number of aryl methyl sites for hydroxylation is 1. The zero-order chi connectivity index (χ0) is 12.6. The molecule has 0 saturated heterocycles. The topological polar surface area (TPSA) is 70.7 Å². The summed E-state index contributed by atoms with van der Waals surface area (Å²) in [6.07, 6.45) is 1.33. The molecule has 4 nitrogen and oxygen atoms in total. The number of rotatable bonds is 2. The summed E-state index contributed by atoms with van der Waals surface area (Å²) < 4.78 is 4.93. The minimum absolute atomic E-state index is 0.0136. The molecule has 90 valence electrons. The highest BCUT2D eigenvalue weighted by atomic mass is 35.5. The molecule has 2 rings (SSSR count). The molecule has 2 N–H and O–H groups in total. The van der Waals surface area contributed by atoms with E-state index in [0.29, 0.717) is 17.4 Å². The summed E-state index contributed by atoms with van der Waals surface area (Å²) in [6.45, 7) is 1.94. The summed E-state index contributed by atoms with van der Waals surface area (Å²) in [7, 11) is 0. The molecule has 0 amide bonds. The Morgan fingerprint density at radius 1 is 1.35 bits per heavy atom. The second-order valence-electron chi connectivity index (χ2n) is 3.77. The number of fused-ring (bicyclic) bond motifs is 1. The third-order valence-electron chi connectivity index (χ3n) is 2.51. The standard InChI is InChI=1S/C12H11ClO4/c1-2-3-7-10-8(15)4-6(14)5-9(10)17-12(16)11(7)13/h4-5,14-15H,2-3H2,1H3. The molecule has 5 heteroatoms. The average molecular weight is 255 g/mol. The van der Waals surface area contributed by atoms with Gasteiger partial charge in [0.1, 0.15) is 22.1 Å². The fraction of sp³-hybridized carbons (Fsp3) is 0.250. The monoisotopic (exact) mass is 254 g/mol. The van der Waals surface area contributed by atoms with Crippen LogP contribution in [0.5, 0.6) is 11.5 Å². The van der Waals surface area contributed by atoms with Crippen LogP contribution in [0.3, 0.4) is 0 Å². The molecule has 0 aliphatic heterocycles. The third kappa shape index (κ3) is 1.96. The molecular weight excluding hydrogens is 244 g/mol. The normalized spacial score (nSPS) is 10.9. The van der Waals surface area contributed by atoms with Crippen LogP contribution in [0.25, 0.3) is 11.0 Å². The fourth-order valence-corrected chi connectivity index (χ4v) is 2.06. The first-order chi connectivity index (χ1) is 8.04. The van der Waals surface area contributed by atoms with Crippen LogP contribution in [-0.2, 0) is 6.42 Å². The van der Waals surface area contributed by atoms with Gasteiger partial charge < -0.3 is 14.6 Å².